The van der Waals surface area contributed by atoms with Gasteiger partial charge in [-0.1, -0.05) is 60.7 Å². The highest BCUT2D eigenvalue weighted by Gasteiger charge is 2.23. The number of aliphatic carboxylic acids is 1. The molecule has 0 fully saturated rings. The maximum absolute atomic E-state index is 13.8. The minimum atomic E-state index is -1.04. The Kier molecular flexibility index (Phi) is 9.25. The normalized spacial score (nSPS) is 10.6. The molecular weight excluding hydrogens is 511 g/mol. The zero-order valence-electron chi connectivity index (χ0n) is 22.0. The number of rotatable bonds is 11. The van der Waals surface area contributed by atoms with Crippen LogP contribution in [-0.4, -0.2) is 41.4 Å². The lowest BCUT2D eigenvalue weighted by Gasteiger charge is -2.24. The van der Waals surface area contributed by atoms with Crippen LogP contribution < -0.4 is 10.1 Å². The van der Waals surface area contributed by atoms with Gasteiger partial charge < -0.3 is 20.1 Å². The molecule has 4 aromatic rings. The SMILES string of the molecule is COc1cccc(CNC(=O)c2ccccc2-c2ccccc2C(=O)N(CCC(=O)O)Cc2ccc(F)cc2)c1. The minimum absolute atomic E-state index is 0.0391. The number of methoxy groups -OCH3 is 1. The van der Waals surface area contributed by atoms with Gasteiger partial charge in [0.05, 0.1) is 13.5 Å². The summed E-state index contributed by atoms with van der Waals surface area (Å²) in [5.74, 6) is -1.46. The molecule has 0 saturated heterocycles. The third-order valence-corrected chi connectivity index (χ3v) is 6.38. The number of carbonyl (C=O) groups is 3. The van der Waals surface area contributed by atoms with E-state index in [1.54, 1.807) is 67.8 Å². The number of ether oxygens (including phenoxy) is 1. The summed E-state index contributed by atoms with van der Waals surface area (Å²) in [5.41, 5.74) is 3.35. The molecule has 204 valence electrons. The molecule has 0 aliphatic carbocycles. The quantitative estimate of drug-likeness (QED) is 0.260. The van der Waals surface area contributed by atoms with Crippen LogP contribution in [0.4, 0.5) is 4.39 Å². The predicted octanol–water partition coefficient (Wildman–Crippen LogP) is 5.55. The van der Waals surface area contributed by atoms with Gasteiger partial charge in [-0.3, -0.25) is 14.4 Å². The number of amides is 2. The van der Waals surface area contributed by atoms with Crippen molar-refractivity contribution >= 4 is 17.8 Å². The Morgan fingerprint density at radius 2 is 1.48 bits per heavy atom. The number of nitrogens with zero attached hydrogens (tertiary/aromatic N) is 1. The summed E-state index contributed by atoms with van der Waals surface area (Å²) in [4.78, 5) is 39.9. The fourth-order valence-electron chi connectivity index (χ4n) is 4.34. The van der Waals surface area contributed by atoms with E-state index in [0.717, 1.165) is 5.56 Å². The van der Waals surface area contributed by atoms with Crippen molar-refractivity contribution < 1.29 is 28.6 Å². The van der Waals surface area contributed by atoms with Crippen molar-refractivity contribution in [3.05, 3.63) is 125 Å². The molecule has 7 nitrogen and oxygen atoms in total. The number of halogens is 1. The van der Waals surface area contributed by atoms with E-state index in [2.05, 4.69) is 5.32 Å². The van der Waals surface area contributed by atoms with Crippen molar-refractivity contribution in [3.63, 3.8) is 0 Å². The smallest absolute Gasteiger partial charge is 0.305 e. The molecule has 0 radical (unpaired) electrons. The van der Waals surface area contributed by atoms with E-state index in [-0.39, 0.29) is 32.0 Å². The summed E-state index contributed by atoms with van der Waals surface area (Å²) in [7, 11) is 1.58. The van der Waals surface area contributed by atoms with Gasteiger partial charge in [-0.25, -0.2) is 4.39 Å². The van der Waals surface area contributed by atoms with Crippen LogP contribution in [0.2, 0.25) is 0 Å². The lowest BCUT2D eigenvalue weighted by atomic mass is 9.94. The maximum Gasteiger partial charge on any atom is 0.305 e. The molecule has 0 spiro atoms. The van der Waals surface area contributed by atoms with Crippen molar-refractivity contribution in [2.24, 2.45) is 0 Å². The number of hydrogen-bond donors (Lipinski definition) is 2. The topological polar surface area (TPSA) is 95.9 Å². The molecule has 0 aliphatic heterocycles. The molecule has 0 saturated carbocycles. The summed E-state index contributed by atoms with van der Waals surface area (Å²) >= 11 is 0. The Balaban J connectivity index is 1.63. The largest absolute Gasteiger partial charge is 0.497 e. The van der Waals surface area contributed by atoms with Gasteiger partial charge in [0, 0.05) is 30.8 Å². The first-order valence-corrected chi connectivity index (χ1v) is 12.7. The summed E-state index contributed by atoms with van der Waals surface area (Å²) in [6.45, 7) is 0.345. The fourth-order valence-corrected chi connectivity index (χ4v) is 4.34. The molecular formula is C32H29FN2O5. The van der Waals surface area contributed by atoms with Crippen LogP contribution in [-0.2, 0) is 17.9 Å². The molecule has 0 bridgehead atoms. The molecule has 40 heavy (non-hydrogen) atoms. The third kappa shape index (κ3) is 7.11. The van der Waals surface area contributed by atoms with E-state index in [4.69, 9.17) is 4.74 Å². The lowest BCUT2D eigenvalue weighted by molar-refractivity contribution is -0.137. The average molecular weight is 541 g/mol. The van der Waals surface area contributed by atoms with Gasteiger partial charge in [0.15, 0.2) is 0 Å². The minimum Gasteiger partial charge on any atom is -0.497 e. The van der Waals surface area contributed by atoms with Gasteiger partial charge in [-0.15, -0.1) is 0 Å². The molecule has 2 N–H and O–H groups in total. The Bertz CT molecular complexity index is 1500. The van der Waals surface area contributed by atoms with Crippen molar-refractivity contribution in [1.82, 2.24) is 10.2 Å². The highest BCUT2D eigenvalue weighted by atomic mass is 19.1. The number of carbonyl (C=O) groups excluding carboxylic acids is 2. The molecule has 2 amide bonds. The van der Waals surface area contributed by atoms with Gasteiger partial charge in [0.2, 0.25) is 0 Å². The summed E-state index contributed by atoms with van der Waals surface area (Å²) in [5, 5.41) is 12.2. The highest BCUT2D eigenvalue weighted by molar-refractivity contribution is 6.06. The van der Waals surface area contributed by atoms with Crippen LogP contribution in [0.15, 0.2) is 97.1 Å². The standard InChI is InChI=1S/C32H29FN2O5/c1-40-25-8-6-7-23(19-25)20-34-31(38)28-11-4-2-9-26(28)27-10-3-5-12-29(27)32(39)35(18-17-30(36)37)21-22-13-15-24(33)16-14-22/h2-16,19H,17-18,20-21H2,1H3,(H,34,38)(H,36,37). The Labute approximate surface area is 231 Å². The maximum atomic E-state index is 13.8. The van der Waals surface area contributed by atoms with E-state index in [0.29, 0.717) is 33.6 Å². The zero-order valence-corrected chi connectivity index (χ0v) is 22.0. The van der Waals surface area contributed by atoms with Gasteiger partial charge >= 0.3 is 5.97 Å². The van der Waals surface area contributed by atoms with Crippen molar-refractivity contribution in [2.45, 2.75) is 19.5 Å². The van der Waals surface area contributed by atoms with Crippen molar-refractivity contribution in [2.75, 3.05) is 13.7 Å². The van der Waals surface area contributed by atoms with Gasteiger partial charge in [-0.05, 0) is 58.7 Å². The molecule has 0 heterocycles. The third-order valence-electron chi connectivity index (χ3n) is 6.38. The number of carboxylic acids is 1. The van der Waals surface area contributed by atoms with Crippen LogP contribution in [0, 0.1) is 5.82 Å². The number of nitrogens with one attached hydrogen (secondary N) is 1. The monoisotopic (exact) mass is 540 g/mol. The van der Waals surface area contributed by atoms with E-state index < -0.39 is 17.7 Å². The van der Waals surface area contributed by atoms with E-state index >= 15 is 0 Å². The first-order chi connectivity index (χ1) is 19.4. The predicted molar refractivity (Wildman–Crippen MR) is 149 cm³/mol. The van der Waals surface area contributed by atoms with Gasteiger partial charge in [0.25, 0.3) is 11.8 Å². The van der Waals surface area contributed by atoms with Gasteiger partial charge in [0.1, 0.15) is 11.6 Å². The van der Waals surface area contributed by atoms with Gasteiger partial charge in [-0.2, -0.15) is 0 Å². The van der Waals surface area contributed by atoms with Crippen LogP contribution in [0.25, 0.3) is 11.1 Å². The summed E-state index contributed by atoms with van der Waals surface area (Å²) in [6.07, 6.45) is -0.252. The Morgan fingerprint density at radius 3 is 2.15 bits per heavy atom. The van der Waals surface area contributed by atoms with Crippen molar-refractivity contribution in [3.8, 4) is 16.9 Å². The molecule has 4 rings (SSSR count). The highest BCUT2D eigenvalue weighted by Crippen LogP contribution is 2.29. The molecule has 0 atom stereocenters. The summed E-state index contributed by atoms with van der Waals surface area (Å²) < 4.78 is 18.7. The first kappa shape index (κ1) is 28.0. The van der Waals surface area contributed by atoms with E-state index in [1.165, 1.54) is 17.0 Å². The van der Waals surface area contributed by atoms with Crippen molar-refractivity contribution in [1.29, 1.82) is 0 Å². The van der Waals surface area contributed by atoms with Crippen LogP contribution in [0.5, 0.6) is 5.75 Å². The fraction of sp³-hybridized carbons (Fsp3) is 0.156. The van der Waals surface area contributed by atoms with Crippen LogP contribution in [0.3, 0.4) is 0 Å². The summed E-state index contributed by atoms with van der Waals surface area (Å²) in [6, 6.07) is 27.0. The molecule has 0 aromatic heterocycles. The molecule has 0 aliphatic rings. The van der Waals surface area contributed by atoms with E-state index in [9.17, 15) is 23.9 Å². The first-order valence-electron chi connectivity index (χ1n) is 12.7. The number of carboxylic acid groups (broad SMARTS) is 1. The molecule has 8 heteroatoms. The van der Waals surface area contributed by atoms with Crippen LogP contribution in [0.1, 0.15) is 38.3 Å². The Morgan fingerprint density at radius 1 is 0.825 bits per heavy atom. The number of hydrogen-bond acceptors (Lipinski definition) is 4. The lowest BCUT2D eigenvalue weighted by Crippen LogP contribution is -2.33. The number of benzene rings is 4. The second-order valence-electron chi connectivity index (χ2n) is 9.12. The Hall–Kier alpha value is -4.98. The average Bonchev–Trinajstić information content (AvgIpc) is 2.98. The second kappa shape index (κ2) is 13.2. The second-order valence-corrected chi connectivity index (χ2v) is 9.12. The molecule has 4 aromatic carbocycles. The zero-order chi connectivity index (χ0) is 28.5. The molecule has 0 unspecified atom stereocenters. The van der Waals surface area contributed by atoms with Crippen LogP contribution >= 0.6 is 0 Å². The van der Waals surface area contributed by atoms with E-state index in [1.807, 2.05) is 24.3 Å².